The molecule has 2 amide bonds. The second-order valence-electron chi connectivity index (χ2n) is 8.03. The molecule has 0 radical (unpaired) electrons. The summed E-state index contributed by atoms with van der Waals surface area (Å²) in [5, 5.41) is 21.0. The maximum atomic E-state index is 12.4. The number of hydrogen-bond donors (Lipinski definition) is 4. The van der Waals surface area contributed by atoms with Crippen LogP contribution < -0.4 is 10.6 Å². The Morgan fingerprint density at radius 3 is 2.31 bits per heavy atom. The first-order chi connectivity index (χ1) is 13.8. The van der Waals surface area contributed by atoms with E-state index in [4.69, 9.17) is 5.11 Å². The van der Waals surface area contributed by atoms with Gasteiger partial charge in [0.1, 0.15) is 5.54 Å². The second kappa shape index (κ2) is 8.46. The van der Waals surface area contributed by atoms with Crippen molar-refractivity contribution in [1.29, 1.82) is 0 Å². The number of nitrogens with one attached hydrogen (secondary N) is 3. The molecule has 3 rings (SSSR count). The quantitative estimate of drug-likeness (QED) is 0.596. The van der Waals surface area contributed by atoms with Gasteiger partial charge < -0.3 is 15.7 Å². The molecular formula is C21H26N4O4. The zero-order valence-corrected chi connectivity index (χ0v) is 16.6. The van der Waals surface area contributed by atoms with Crippen molar-refractivity contribution in [3.8, 4) is 0 Å². The van der Waals surface area contributed by atoms with Crippen LogP contribution in [0.5, 0.6) is 0 Å². The largest absolute Gasteiger partial charge is 0.480 e. The van der Waals surface area contributed by atoms with E-state index in [0.29, 0.717) is 17.2 Å². The van der Waals surface area contributed by atoms with Crippen LogP contribution in [0.1, 0.15) is 61.4 Å². The predicted octanol–water partition coefficient (Wildman–Crippen LogP) is 2.92. The van der Waals surface area contributed by atoms with Gasteiger partial charge >= 0.3 is 5.97 Å². The van der Waals surface area contributed by atoms with Crippen LogP contribution in [0.3, 0.4) is 0 Å². The Kier molecular flexibility index (Phi) is 6.00. The number of anilines is 1. The molecular weight excluding hydrogens is 372 g/mol. The van der Waals surface area contributed by atoms with Gasteiger partial charge in [0, 0.05) is 17.8 Å². The lowest BCUT2D eigenvalue weighted by atomic mass is 9.78. The summed E-state index contributed by atoms with van der Waals surface area (Å²) in [6.07, 6.45) is 6.20. The summed E-state index contributed by atoms with van der Waals surface area (Å²) < 4.78 is 0. The summed E-state index contributed by atoms with van der Waals surface area (Å²) in [5.74, 6) is -1.25. The number of H-pyrrole nitrogens is 1. The van der Waals surface area contributed by atoms with Crippen LogP contribution in [-0.4, -0.2) is 38.6 Å². The molecule has 1 aliphatic carbocycles. The van der Waals surface area contributed by atoms with E-state index >= 15 is 0 Å². The molecule has 1 fully saturated rings. The SMILES string of the molecule is CC(C)(NC(=O)[C@H]1CC[C@H](c2ccc(NC(=O)c3cn[nH]c3)cc2)CC1)C(=O)O. The van der Waals surface area contributed by atoms with Crippen LogP contribution in [0.15, 0.2) is 36.7 Å². The van der Waals surface area contributed by atoms with E-state index in [9.17, 15) is 14.4 Å². The van der Waals surface area contributed by atoms with Crippen molar-refractivity contribution in [3.63, 3.8) is 0 Å². The van der Waals surface area contributed by atoms with Gasteiger partial charge in [-0.1, -0.05) is 12.1 Å². The minimum absolute atomic E-state index is 0.154. The lowest BCUT2D eigenvalue weighted by Gasteiger charge is -2.30. The van der Waals surface area contributed by atoms with Gasteiger partial charge in [-0.2, -0.15) is 5.10 Å². The molecule has 1 aromatic carbocycles. The molecule has 1 saturated carbocycles. The number of carboxylic acid groups (broad SMARTS) is 1. The van der Waals surface area contributed by atoms with E-state index in [0.717, 1.165) is 25.7 Å². The summed E-state index contributed by atoms with van der Waals surface area (Å²) in [4.78, 5) is 35.6. The van der Waals surface area contributed by atoms with Crippen molar-refractivity contribution in [2.45, 2.75) is 51.0 Å². The van der Waals surface area contributed by atoms with Gasteiger partial charge in [0.25, 0.3) is 5.91 Å². The highest BCUT2D eigenvalue weighted by Crippen LogP contribution is 2.36. The van der Waals surface area contributed by atoms with Crippen molar-refractivity contribution >= 4 is 23.5 Å². The molecule has 1 aromatic heterocycles. The van der Waals surface area contributed by atoms with Gasteiger partial charge in [-0.25, -0.2) is 4.79 Å². The summed E-state index contributed by atoms with van der Waals surface area (Å²) in [6, 6.07) is 7.76. The molecule has 2 aromatic rings. The van der Waals surface area contributed by atoms with Crippen LogP contribution in [0.25, 0.3) is 0 Å². The molecule has 0 spiro atoms. The summed E-state index contributed by atoms with van der Waals surface area (Å²) in [5.41, 5.74) is 1.10. The predicted molar refractivity (Wildman–Crippen MR) is 108 cm³/mol. The minimum Gasteiger partial charge on any atom is -0.480 e. The molecule has 1 aliphatic rings. The van der Waals surface area contributed by atoms with E-state index in [2.05, 4.69) is 20.8 Å². The fourth-order valence-corrected chi connectivity index (χ4v) is 3.57. The van der Waals surface area contributed by atoms with Gasteiger partial charge in [0.2, 0.25) is 5.91 Å². The zero-order chi connectivity index (χ0) is 21.0. The average Bonchev–Trinajstić information content (AvgIpc) is 3.23. The van der Waals surface area contributed by atoms with Crippen LogP contribution in [-0.2, 0) is 9.59 Å². The normalized spacial score (nSPS) is 19.4. The molecule has 0 saturated heterocycles. The molecule has 0 aliphatic heterocycles. The number of rotatable bonds is 6. The number of amides is 2. The summed E-state index contributed by atoms with van der Waals surface area (Å²) >= 11 is 0. The maximum absolute atomic E-state index is 12.4. The Morgan fingerprint density at radius 1 is 1.10 bits per heavy atom. The molecule has 0 unspecified atom stereocenters. The van der Waals surface area contributed by atoms with E-state index in [1.807, 2.05) is 24.3 Å². The number of aliphatic carboxylic acids is 1. The highest BCUT2D eigenvalue weighted by atomic mass is 16.4. The number of aromatic amines is 1. The van der Waals surface area contributed by atoms with Crippen molar-refractivity contribution in [2.75, 3.05) is 5.32 Å². The van der Waals surface area contributed by atoms with Crippen molar-refractivity contribution in [3.05, 3.63) is 47.8 Å². The van der Waals surface area contributed by atoms with E-state index in [-0.39, 0.29) is 17.7 Å². The highest BCUT2D eigenvalue weighted by molar-refractivity contribution is 6.03. The molecule has 8 heteroatoms. The molecule has 0 atom stereocenters. The fourth-order valence-electron chi connectivity index (χ4n) is 3.57. The molecule has 154 valence electrons. The first-order valence-corrected chi connectivity index (χ1v) is 9.72. The highest BCUT2D eigenvalue weighted by Gasteiger charge is 2.33. The summed E-state index contributed by atoms with van der Waals surface area (Å²) in [6.45, 7) is 2.98. The van der Waals surface area contributed by atoms with Crippen LogP contribution >= 0.6 is 0 Å². The third-order valence-corrected chi connectivity index (χ3v) is 5.47. The van der Waals surface area contributed by atoms with Gasteiger partial charge in [-0.3, -0.25) is 14.7 Å². The number of carbonyl (C=O) groups excluding carboxylic acids is 2. The van der Waals surface area contributed by atoms with Gasteiger partial charge in [0.15, 0.2) is 0 Å². The zero-order valence-electron chi connectivity index (χ0n) is 16.6. The topological polar surface area (TPSA) is 124 Å². The lowest BCUT2D eigenvalue weighted by Crippen LogP contribution is -2.51. The Morgan fingerprint density at radius 2 is 1.76 bits per heavy atom. The first-order valence-electron chi connectivity index (χ1n) is 9.72. The maximum Gasteiger partial charge on any atom is 0.328 e. The number of nitrogens with zero attached hydrogens (tertiary/aromatic N) is 1. The molecule has 0 bridgehead atoms. The Hall–Kier alpha value is -3.16. The third kappa shape index (κ3) is 5.01. The smallest absolute Gasteiger partial charge is 0.328 e. The number of benzene rings is 1. The van der Waals surface area contributed by atoms with E-state index < -0.39 is 11.5 Å². The average molecular weight is 398 g/mol. The number of carbonyl (C=O) groups is 3. The van der Waals surface area contributed by atoms with Crippen molar-refractivity contribution in [2.24, 2.45) is 5.92 Å². The molecule has 29 heavy (non-hydrogen) atoms. The molecule has 8 nitrogen and oxygen atoms in total. The van der Waals surface area contributed by atoms with E-state index in [1.54, 1.807) is 0 Å². The number of hydrogen-bond acceptors (Lipinski definition) is 4. The van der Waals surface area contributed by atoms with Crippen molar-refractivity contribution < 1.29 is 19.5 Å². The first kappa shape index (κ1) is 20.6. The number of aromatic nitrogens is 2. The second-order valence-corrected chi connectivity index (χ2v) is 8.03. The fraction of sp³-hybridized carbons (Fsp3) is 0.429. The monoisotopic (exact) mass is 398 g/mol. The van der Waals surface area contributed by atoms with Crippen LogP contribution in [0.2, 0.25) is 0 Å². The van der Waals surface area contributed by atoms with Crippen molar-refractivity contribution in [1.82, 2.24) is 15.5 Å². The Bertz CT molecular complexity index is 867. The van der Waals surface area contributed by atoms with E-state index in [1.165, 1.54) is 31.8 Å². The Balaban J connectivity index is 1.52. The van der Waals surface area contributed by atoms with Gasteiger partial charge in [0.05, 0.1) is 11.8 Å². The lowest BCUT2D eigenvalue weighted by molar-refractivity contribution is -0.146. The standard InChI is InChI=1S/C21H26N4O4/c1-21(2,20(28)29)25-19(27)15-5-3-13(4-6-15)14-7-9-17(10-8-14)24-18(26)16-11-22-23-12-16/h7-13,15H,3-6H2,1-2H3,(H,22,23)(H,24,26)(H,25,27)(H,28,29)/t13-,15-. The summed E-state index contributed by atoms with van der Waals surface area (Å²) in [7, 11) is 0. The molecule has 1 heterocycles. The Labute approximate surface area is 169 Å². The number of carboxylic acids is 1. The third-order valence-electron chi connectivity index (χ3n) is 5.47. The molecule has 4 N–H and O–H groups in total. The van der Waals surface area contributed by atoms with Gasteiger partial charge in [-0.05, 0) is 63.1 Å². The van der Waals surface area contributed by atoms with Gasteiger partial charge in [-0.15, -0.1) is 0 Å². The van der Waals surface area contributed by atoms with Crippen LogP contribution in [0.4, 0.5) is 5.69 Å². The minimum atomic E-state index is -1.26. The van der Waals surface area contributed by atoms with Crippen LogP contribution in [0, 0.1) is 5.92 Å².